The average Bonchev–Trinajstić information content (AvgIpc) is 2.00. The molecular weight excluding hydrogens is 196 g/mol. The van der Waals surface area contributed by atoms with Gasteiger partial charge in [-0.1, -0.05) is 6.08 Å². The van der Waals surface area contributed by atoms with Crippen LogP contribution in [0.4, 0.5) is 0 Å². The van der Waals surface area contributed by atoms with Crippen molar-refractivity contribution in [3.63, 3.8) is 0 Å². The van der Waals surface area contributed by atoms with Crippen molar-refractivity contribution in [2.24, 2.45) is 0 Å². The van der Waals surface area contributed by atoms with Crippen LogP contribution >= 0.6 is 0 Å². The molecule has 0 aliphatic heterocycles. The van der Waals surface area contributed by atoms with Crippen molar-refractivity contribution in [3.8, 4) is 0 Å². The van der Waals surface area contributed by atoms with Crippen LogP contribution in [-0.2, 0) is 9.59 Å². The van der Waals surface area contributed by atoms with E-state index in [0.29, 0.717) is 6.54 Å². The topological polar surface area (TPSA) is 69.6 Å². The first-order chi connectivity index (χ1) is 6.91. The highest BCUT2D eigenvalue weighted by Gasteiger charge is 2.05. The molecule has 5 heteroatoms. The number of amides is 1. The molecule has 0 aliphatic rings. The first-order valence-electron chi connectivity index (χ1n) is 4.79. The standard InChI is InChI=1S/C10H18N2O3/c1-8(2)11-9(13)7-12(3)6-4-5-10(14)15/h4-5,8H,6-7H2,1-3H3,(H,11,13)(H,14,15). The minimum atomic E-state index is -0.977. The molecular formula is C10H18N2O3. The number of carboxylic acid groups (broad SMARTS) is 1. The van der Waals surface area contributed by atoms with Gasteiger partial charge >= 0.3 is 5.97 Å². The molecule has 5 nitrogen and oxygen atoms in total. The molecule has 15 heavy (non-hydrogen) atoms. The number of carbonyl (C=O) groups is 2. The van der Waals surface area contributed by atoms with Crippen LogP contribution in [0.2, 0.25) is 0 Å². The molecule has 0 rings (SSSR count). The summed E-state index contributed by atoms with van der Waals surface area (Å²) in [7, 11) is 1.76. The summed E-state index contributed by atoms with van der Waals surface area (Å²) in [5.74, 6) is -1.04. The molecule has 1 amide bonds. The smallest absolute Gasteiger partial charge is 0.328 e. The minimum Gasteiger partial charge on any atom is -0.478 e. The van der Waals surface area contributed by atoms with Gasteiger partial charge in [0.15, 0.2) is 0 Å². The lowest BCUT2D eigenvalue weighted by Gasteiger charge is -2.15. The summed E-state index contributed by atoms with van der Waals surface area (Å²) in [6.45, 7) is 4.49. The number of likely N-dealkylation sites (N-methyl/N-ethyl adjacent to an activating group) is 1. The number of nitrogens with one attached hydrogen (secondary N) is 1. The Morgan fingerprint density at radius 2 is 2.07 bits per heavy atom. The summed E-state index contributed by atoms with van der Waals surface area (Å²) in [5.41, 5.74) is 0. The van der Waals surface area contributed by atoms with Crippen molar-refractivity contribution in [2.45, 2.75) is 19.9 Å². The average molecular weight is 214 g/mol. The highest BCUT2D eigenvalue weighted by molar-refractivity contribution is 5.80. The summed E-state index contributed by atoms with van der Waals surface area (Å²) in [4.78, 5) is 23.2. The first kappa shape index (κ1) is 13.6. The number of hydrogen-bond acceptors (Lipinski definition) is 3. The van der Waals surface area contributed by atoms with E-state index in [0.717, 1.165) is 6.08 Å². The minimum absolute atomic E-state index is 0.0591. The van der Waals surface area contributed by atoms with E-state index in [2.05, 4.69) is 5.32 Å². The van der Waals surface area contributed by atoms with E-state index in [9.17, 15) is 9.59 Å². The number of rotatable bonds is 6. The predicted octanol–water partition coefficient (Wildman–Crippen LogP) is 0.0836. The fourth-order valence-electron chi connectivity index (χ4n) is 1.01. The zero-order chi connectivity index (χ0) is 11.8. The third kappa shape index (κ3) is 8.96. The number of carbonyl (C=O) groups excluding carboxylic acids is 1. The van der Waals surface area contributed by atoms with Crippen molar-refractivity contribution < 1.29 is 14.7 Å². The quantitative estimate of drug-likeness (QED) is 0.614. The van der Waals surface area contributed by atoms with Gasteiger partial charge in [0.2, 0.25) is 5.91 Å². The van der Waals surface area contributed by atoms with E-state index in [-0.39, 0.29) is 18.5 Å². The van der Waals surface area contributed by atoms with E-state index in [1.807, 2.05) is 13.8 Å². The lowest BCUT2D eigenvalue weighted by atomic mass is 10.3. The lowest BCUT2D eigenvalue weighted by molar-refractivity contribution is -0.131. The fourth-order valence-corrected chi connectivity index (χ4v) is 1.01. The van der Waals surface area contributed by atoms with E-state index >= 15 is 0 Å². The molecule has 0 bridgehead atoms. The Hall–Kier alpha value is -1.36. The Kier molecular flexibility index (Phi) is 6.37. The number of carboxylic acids is 1. The Labute approximate surface area is 89.8 Å². The van der Waals surface area contributed by atoms with Crippen LogP contribution in [0, 0.1) is 0 Å². The molecule has 0 unspecified atom stereocenters. The summed E-state index contributed by atoms with van der Waals surface area (Å²) in [6.07, 6.45) is 2.57. The third-order valence-electron chi connectivity index (χ3n) is 1.54. The highest BCUT2D eigenvalue weighted by atomic mass is 16.4. The molecule has 0 aromatic carbocycles. The van der Waals surface area contributed by atoms with Gasteiger partial charge in [-0.15, -0.1) is 0 Å². The molecule has 0 radical (unpaired) electrons. The predicted molar refractivity (Wildman–Crippen MR) is 57.6 cm³/mol. The monoisotopic (exact) mass is 214 g/mol. The zero-order valence-corrected chi connectivity index (χ0v) is 9.36. The van der Waals surface area contributed by atoms with Gasteiger partial charge in [0.05, 0.1) is 6.54 Å². The summed E-state index contributed by atoms with van der Waals surface area (Å²) in [5, 5.41) is 11.1. The van der Waals surface area contributed by atoms with E-state index in [1.165, 1.54) is 6.08 Å². The molecule has 0 aromatic rings. The molecule has 0 fully saturated rings. The maximum Gasteiger partial charge on any atom is 0.328 e. The van der Waals surface area contributed by atoms with Crippen LogP contribution in [-0.4, -0.2) is 48.1 Å². The Bertz CT molecular complexity index is 249. The third-order valence-corrected chi connectivity index (χ3v) is 1.54. The largest absolute Gasteiger partial charge is 0.478 e. The molecule has 0 saturated carbocycles. The summed E-state index contributed by atoms with van der Waals surface area (Å²) < 4.78 is 0. The lowest BCUT2D eigenvalue weighted by Crippen LogP contribution is -2.38. The van der Waals surface area contributed by atoms with Crippen LogP contribution in [0.25, 0.3) is 0 Å². The maximum atomic E-state index is 11.3. The van der Waals surface area contributed by atoms with Crippen LogP contribution in [0.3, 0.4) is 0 Å². The second-order valence-corrected chi connectivity index (χ2v) is 3.66. The molecule has 0 spiro atoms. The van der Waals surface area contributed by atoms with Crippen molar-refractivity contribution in [3.05, 3.63) is 12.2 Å². The molecule has 2 N–H and O–H groups in total. The number of aliphatic carboxylic acids is 1. The Balaban J connectivity index is 3.78. The second kappa shape index (κ2) is 7.00. The van der Waals surface area contributed by atoms with Crippen molar-refractivity contribution in [1.82, 2.24) is 10.2 Å². The van der Waals surface area contributed by atoms with E-state index in [4.69, 9.17) is 5.11 Å². The van der Waals surface area contributed by atoms with Gasteiger partial charge in [0, 0.05) is 18.7 Å². The van der Waals surface area contributed by atoms with Crippen molar-refractivity contribution >= 4 is 11.9 Å². The van der Waals surface area contributed by atoms with Gasteiger partial charge < -0.3 is 10.4 Å². The van der Waals surface area contributed by atoms with Gasteiger partial charge in [0.25, 0.3) is 0 Å². The van der Waals surface area contributed by atoms with Crippen molar-refractivity contribution in [1.29, 1.82) is 0 Å². The molecule has 0 saturated heterocycles. The maximum absolute atomic E-state index is 11.3. The molecule has 0 aliphatic carbocycles. The van der Waals surface area contributed by atoms with Crippen LogP contribution in [0.1, 0.15) is 13.8 Å². The van der Waals surface area contributed by atoms with Gasteiger partial charge in [-0.05, 0) is 20.9 Å². The van der Waals surface area contributed by atoms with E-state index in [1.54, 1.807) is 11.9 Å². The van der Waals surface area contributed by atoms with Gasteiger partial charge in [-0.2, -0.15) is 0 Å². The summed E-state index contributed by atoms with van der Waals surface area (Å²) >= 11 is 0. The molecule has 0 aromatic heterocycles. The van der Waals surface area contributed by atoms with Gasteiger partial charge in [-0.3, -0.25) is 9.69 Å². The van der Waals surface area contributed by atoms with Crippen LogP contribution in [0.5, 0.6) is 0 Å². The normalized spacial score (nSPS) is 11.3. The molecule has 0 atom stereocenters. The zero-order valence-electron chi connectivity index (χ0n) is 9.36. The Morgan fingerprint density at radius 1 is 1.47 bits per heavy atom. The highest BCUT2D eigenvalue weighted by Crippen LogP contribution is 1.85. The molecule has 86 valence electrons. The second-order valence-electron chi connectivity index (χ2n) is 3.66. The number of hydrogen-bond donors (Lipinski definition) is 2. The van der Waals surface area contributed by atoms with Crippen LogP contribution < -0.4 is 5.32 Å². The SMILES string of the molecule is CC(C)NC(=O)CN(C)CC=CC(=O)O. The van der Waals surface area contributed by atoms with Crippen molar-refractivity contribution in [2.75, 3.05) is 20.1 Å². The van der Waals surface area contributed by atoms with E-state index < -0.39 is 5.97 Å². The fraction of sp³-hybridized carbons (Fsp3) is 0.600. The van der Waals surface area contributed by atoms with Gasteiger partial charge in [-0.25, -0.2) is 4.79 Å². The van der Waals surface area contributed by atoms with Crippen LogP contribution in [0.15, 0.2) is 12.2 Å². The number of nitrogens with zero attached hydrogens (tertiary/aromatic N) is 1. The summed E-state index contributed by atoms with van der Waals surface area (Å²) in [6, 6.07) is 0.125. The Morgan fingerprint density at radius 3 is 2.53 bits per heavy atom. The molecule has 0 heterocycles. The first-order valence-corrected chi connectivity index (χ1v) is 4.79. The van der Waals surface area contributed by atoms with Gasteiger partial charge in [0.1, 0.15) is 0 Å².